The molecule has 1 amide bonds. The lowest BCUT2D eigenvalue weighted by molar-refractivity contribution is 0.100. The van der Waals surface area contributed by atoms with E-state index in [0.717, 1.165) is 32.1 Å². The molecule has 3 nitrogen and oxygen atoms in total. The first-order valence-corrected chi connectivity index (χ1v) is 6.58. The van der Waals surface area contributed by atoms with Crippen molar-refractivity contribution in [3.8, 4) is 0 Å². The number of carbonyl (C=O) groups is 1. The van der Waals surface area contributed by atoms with Crippen LogP contribution in [0.15, 0.2) is 11.4 Å². The van der Waals surface area contributed by atoms with Crippen molar-refractivity contribution in [2.45, 2.75) is 38.2 Å². The van der Waals surface area contributed by atoms with Gasteiger partial charge in [0.15, 0.2) is 0 Å². The Hall–Kier alpha value is -0.870. The molecule has 1 aromatic heterocycles. The Labute approximate surface area is 99.3 Å². The molecule has 1 heterocycles. The van der Waals surface area contributed by atoms with E-state index in [2.05, 4.69) is 0 Å². The van der Waals surface area contributed by atoms with Crippen LogP contribution in [0, 0.1) is 5.92 Å². The van der Waals surface area contributed by atoms with Gasteiger partial charge in [-0.3, -0.25) is 4.79 Å². The molecule has 0 aliphatic heterocycles. The van der Waals surface area contributed by atoms with Crippen LogP contribution in [0.5, 0.6) is 0 Å². The fourth-order valence-corrected chi connectivity index (χ4v) is 3.24. The summed E-state index contributed by atoms with van der Waals surface area (Å²) < 4.78 is 0. The number of thiophene rings is 1. The van der Waals surface area contributed by atoms with Crippen molar-refractivity contribution in [1.29, 1.82) is 0 Å². The maximum absolute atomic E-state index is 10.9. The molecule has 3 N–H and O–H groups in total. The zero-order valence-electron chi connectivity index (χ0n) is 9.19. The molecule has 0 atom stereocenters. The molecule has 1 aromatic rings. The van der Waals surface area contributed by atoms with Crippen LogP contribution in [0.1, 0.15) is 40.9 Å². The molecule has 88 valence electrons. The summed E-state index contributed by atoms with van der Waals surface area (Å²) in [5.74, 6) is 0.310. The lowest BCUT2D eigenvalue weighted by Crippen LogP contribution is -2.19. The summed E-state index contributed by atoms with van der Waals surface area (Å²) in [6.45, 7) is 0. The van der Waals surface area contributed by atoms with Crippen molar-refractivity contribution >= 4 is 17.2 Å². The second-order valence-corrected chi connectivity index (χ2v) is 5.54. The van der Waals surface area contributed by atoms with Gasteiger partial charge in [-0.1, -0.05) is 0 Å². The highest BCUT2D eigenvalue weighted by molar-refractivity contribution is 7.10. The van der Waals surface area contributed by atoms with E-state index >= 15 is 0 Å². The molecule has 0 aromatic carbocycles. The van der Waals surface area contributed by atoms with Gasteiger partial charge in [0.25, 0.3) is 0 Å². The Morgan fingerprint density at radius 3 is 2.69 bits per heavy atom. The first-order chi connectivity index (χ1) is 7.65. The van der Waals surface area contributed by atoms with Crippen LogP contribution in [-0.2, 0) is 6.42 Å². The van der Waals surface area contributed by atoms with Crippen LogP contribution in [-0.4, -0.2) is 17.1 Å². The Morgan fingerprint density at radius 1 is 1.44 bits per heavy atom. The van der Waals surface area contributed by atoms with Crippen LogP contribution >= 0.6 is 11.3 Å². The second kappa shape index (κ2) is 4.97. The monoisotopic (exact) mass is 239 g/mol. The zero-order valence-corrected chi connectivity index (χ0v) is 10.0. The average molecular weight is 239 g/mol. The third-order valence-electron chi connectivity index (χ3n) is 3.24. The molecule has 1 aliphatic rings. The third-order valence-corrected chi connectivity index (χ3v) is 4.20. The van der Waals surface area contributed by atoms with Gasteiger partial charge in [0.2, 0.25) is 5.91 Å². The summed E-state index contributed by atoms with van der Waals surface area (Å²) in [6, 6.07) is 1.90. The number of carbonyl (C=O) groups excluding carboxylic acids is 1. The summed E-state index contributed by atoms with van der Waals surface area (Å²) >= 11 is 1.61. The van der Waals surface area contributed by atoms with Gasteiger partial charge in [-0.15, -0.1) is 11.3 Å². The molecule has 16 heavy (non-hydrogen) atoms. The van der Waals surface area contributed by atoms with Crippen LogP contribution in [0.2, 0.25) is 0 Å². The number of hydrogen-bond donors (Lipinski definition) is 2. The van der Waals surface area contributed by atoms with Crippen molar-refractivity contribution < 1.29 is 9.90 Å². The van der Waals surface area contributed by atoms with Crippen molar-refractivity contribution in [1.82, 2.24) is 0 Å². The molecule has 1 fully saturated rings. The lowest BCUT2D eigenvalue weighted by Gasteiger charge is -2.24. The molecule has 0 radical (unpaired) electrons. The van der Waals surface area contributed by atoms with Gasteiger partial charge in [0, 0.05) is 10.3 Å². The van der Waals surface area contributed by atoms with E-state index in [0.29, 0.717) is 11.5 Å². The normalized spacial score (nSPS) is 25.6. The number of primary amides is 1. The molecular weight excluding hydrogens is 222 g/mol. The predicted octanol–water partition coefficient (Wildman–Crippen LogP) is 1.94. The van der Waals surface area contributed by atoms with Gasteiger partial charge in [-0.05, 0) is 44.1 Å². The van der Waals surface area contributed by atoms with E-state index in [1.807, 2.05) is 11.4 Å². The van der Waals surface area contributed by atoms with E-state index in [1.54, 1.807) is 11.3 Å². The van der Waals surface area contributed by atoms with Gasteiger partial charge in [0.1, 0.15) is 0 Å². The Kier molecular flexibility index (Phi) is 3.61. The van der Waals surface area contributed by atoms with Crippen molar-refractivity contribution in [3.05, 3.63) is 21.9 Å². The molecule has 2 rings (SSSR count). The van der Waals surface area contributed by atoms with Crippen LogP contribution in [0.4, 0.5) is 0 Å². The zero-order chi connectivity index (χ0) is 11.5. The van der Waals surface area contributed by atoms with Crippen molar-refractivity contribution in [3.63, 3.8) is 0 Å². The minimum Gasteiger partial charge on any atom is -0.393 e. The average Bonchev–Trinajstić information content (AvgIpc) is 2.70. The highest BCUT2D eigenvalue weighted by Crippen LogP contribution is 2.29. The smallest absolute Gasteiger partial charge is 0.249 e. The Bertz CT molecular complexity index is 367. The highest BCUT2D eigenvalue weighted by Gasteiger charge is 2.20. The summed E-state index contributed by atoms with van der Waals surface area (Å²) in [6.07, 6.45) is 4.93. The van der Waals surface area contributed by atoms with E-state index in [1.165, 1.54) is 4.88 Å². The van der Waals surface area contributed by atoms with Crippen molar-refractivity contribution in [2.75, 3.05) is 0 Å². The van der Waals surface area contributed by atoms with Gasteiger partial charge < -0.3 is 10.8 Å². The Balaban J connectivity index is 1.91. The fraction of sp³-hybridized carbons (Fsp3) is 0.583. The maximum atomic E-state index is 10.9. The summed E-state index contributed by atoms with van der Waals surface area (Å²) in [5.41, 5.74) is 5.83. The van der Waals surface area contributed by atoms with Gasteiger partial charge in [0.05, 0.1) is 11.7 Å². The first-order valence-electron chi connectivity index (χ1n) is 5.70. The summed E-state index contributed by atoms with van der Waals surface area (Å²) in [5, 5.41) is 11.2. The topological polar surface area (TPSA) is 63.3 Å². The van der Waals surface area contributed by atoms with E-state index in [4.69, 9.17) is 5.73 Å². The Morgan fingerprint density at radius 2 is 2.12 bits per heavy atom. The van der Waals surface area contributed by atoms with E-state index in [9.17, 15) is 9.90 Å². The largest absolute Gasteiger partial charge is 0.393 e. The first kappa shape index (κ1) is 11.6. The van der Waals surface area contributed by atoms with Crippen LogP contribution in [0.25, 0.3) is 0 Å². The second-order valence-electron chi connectivity index (χ2n) is 4.54. The fourth-order valence-electron chi connectivity index (χ4n) is 2.25. The number of amides is 1. The number of hydrogen-bond acceptors (Lipinski definition) is 3. The predicted molar refractivity (Wildman–Crippen MR) is 64.5 cm³/mol. The molecule has 4 heteroatoms. The van der Waals surface area contributed by atoms with Gasteiger partial charge >= 0.3 is 0 Å². The number of nitrogens with two attached hydrogens (primary N) is 1. The summed E-state index contributed by atoms with van der Waals surface area (Å²) in [7, 11) is 0. The molecule has 0 spiro atoms. The quantitative estimate of drug-likeness (QED) is 0.846. The molecule has 0 saturated heterocycles. The minimum absolute atomic E-state index is 0.0965. The number of aliphatic hydroxyl groups excluding tert-OH is 1. The van der Waals surface area contributed by atoms with Gasteiger partial charge in [-0.25, -0.2) is 0 Å². The molecule has 1 aliphatic carbocycles. The molecular formula is C12H17NO2S. The maximum Gasteiger partial charge on any atom is 0.249 e. The molecule has 0 bridgehead atoms. The van der Waals surface area contributed by atoms with E-state index < -0.39 is 0 Å². The van der Waals surface area contributed by atoms with E-state index in [-0.39, 0.29) is 12.0 Å². The van der Waals surface area contributed by atoms with Crippen molar-refractivity contribution in [2.24, 2.45) is 11.7 Å². The van der Waals surface area contributed by atoms with Crippen LogP contribution < -0.4 is 5.73 Å². The highest BCUT2D eigenvalue weighted by atomic mass is 32.1. The van der Waals surface area contributed by atoms with Crippen LogP contribution in [0.3, 0.4) is 0 Å². The third kappa shape index (κ3) is 2.83. The van der Waals surface area contributed by atoms with Gasteiger partial charge in [-0.2, -0.15) is 0 Å². The lowest BCUT2D eigenvalue weighted by atomic mass is 9.85. The molecule has 1 saturated carbocycles. The number of rotatable bonds is 3. The summed E-state index contributed by atoms with van der Waals surface area (Å²) in [4.78, 5) is 12.2. The number of aliphatic hydroxyl groups is 1. The molecule has 0 unspecified atom stereocenters. The standard InChI is InChI=1S/C12H17NO2S/c13-12(15)9-6-11(16-7-9)5-8-1-3-10(14)4-2-8/h6-8,10,14H,1-5H2,(H2,13,15). The SMILES string of the molecule is NC(=O)c1csc(CC2CCC(O)CC2)c1. The minimum atomic E-state index is -0.346.